The van der Waals surface area contributed by atoms with E-state index in [1.807, 2.05) is 18.7 Å². The maximum absolute atomic E-state index is 12.3. The van der Waals surface area contributed by atoms with E-state index in [1.54, 1.807) is 17.2 Å². The molecule has 0 radical (unpaired) electrons. The second-order valence-corrected chi connectivity index (χ2v) is 4.47. The Labute approximate surface area is 94.6 Å². The number of amides is 1. The van der Waals surface area contributed by atoms with Crippen LogP contribution in [0.2, 0.25) is 0 Å². The van der Waals surface area contributed by atoms with E-state index in [4.69, 9.17) is 0 Å². The van der Waals surface area contributed by atoms with Gasteiger partial charge in [0.1, 0.15) is 18.2 Å². The number of hydrogen-bond acceptors (Lipinski definition) is 4. The number of nitrogens with zero attached hydrogens (tertiary/aromatic N) is 4. The van der Waals surface area contributed by atoms with Gasteiger partial charge in [0, 0.05) is 26.2 Å². The van der Waals surface area contributed by atoms with E-state index in [9.17, 15) is 4.79 Å². The summed E-state index contributed by atoms with van der Waals surface area (Å²) in [5.74, 6) is 0.119. The fraction of sp³-hybridized carbons (Fsp3) is 0.700. The Morgan fingerprint density at radius 3 is 2.38 bits per heavy atom. The smallest absolute Gasteiger partial charge is 0.248 e. The van der Waals surface area contributed by atoms with Crippen molar-refractivity contribution in [1.82, 2.24) is 25.0 Å². The van der Waals surface area contributed by atoms with Crippen molar-refractivity contribution in [2.75, 3.05) is 26.2 Å². The van der Waals surface area contributed by atoms with Crippen LogP contribution >= 0.6 is 0 Å². The van der Waals surface area contributed by atoms with Gasteiger partial charge in [0.15, 0.2) is 0 Å². The van der Waals surface area contributed by atoms with Gasteiger partial charge in [-0.2, -0.15) is 0 Å². The van der Waals surface area contributed by atoms with Gasteiger partial charge in [0.2, 0.25) is 5.91 Å². The zero-order valence-corrected chi connectivity index (χ0v) is 9.68. The maximum atomic E-state index is 12.3. The third-order valence-electron chi connectivity index (χ3n) is 2.99. The zero-order chi connectivity index (χ0) is 11.6. The van der Waals surface area contributed by atoms with Crippen molar-refractivity contribution < 1.29 is 4.79 Å². The summed E-state index contributed by atoms with van der Waals surface area (Å²) >= 11 is 0. The molecule has 0 bridgehead atoms. The van der Waals surface area contributed by atoms with Gasteiger partial charge in [-0.15, -0.1) is 10.2 Å². The molecule has 6 nitrogen and oxygen atoms in total. The fourth-order valence-corrected chi connectivity index (χ4v) is 1.85. The highest BCUT2D eigenvalue weighted by atomic mass is 16.2. The molecule has 0 spiro atoms. The molecule has 0 saturated carbocycles. The molecule has 1 aromatic heterocycles. The number of nitrogens with one attached hydrogen (secondary N) is 1. The number of carbonyl (C=O) groups excluding carboxylic acids is 1. The summed E-state index contributed by atoms with van der Waals surface area (Å²) in [7, 11) is 0. The molecule has 6 heteroatoms. The molecule has 1 aromatic rings. The van der Waals surface area contributed by atoms with Crippen LogP contribution in [0.15, 0.2) is 12.7 Å². The van der Waals surface area contributed by atoms with E-state index >= 15 is 0 Å². The summed E-state index contributed by atoms with van der Waals surface area (Å²) in [6.45, 7) is 7.05. The summed E-state index contributed by atoms with van der Waals surface area (Å²) in [5, 5.41) is 10.7. The molecule has 1 saturated heterocycles. The number of hydrogen-bond donors (Lipinski definition) is 1. The molecule has 1 fully saturated rings. The molecule has 2 rings (SSSR count). The number of rotatable bonds is 2. The lowest BCUT2D eigenvalue weighted by Crippen LogP contribution is -2.53. The predicted octanol–water partition coefficient (Wildman–Crippen LogP) is -0.555. The van der Waals surface area contributed by atoms with Gasteiger partial charge < -0.3 is 14.8 Å². The summed E-state index contributed by atoms with van der Waals surface area (Å²) in [6.07, 6.45) is 3.17. The zero-order valence-electron chi connectivity index (χ0n) is 9.68. The average molecular weight is 223 g/mol. The molecule has 1 aliphatic rings. The molecule has 0 aliphatic carbocycles. The molecule has 1 aliphatic heterocycles. The van der Waals surface area contributed by atoms with Crippen LogP contribution in [0.5, 0.6) is 0 Å². The highest BCUT2D eigenvalue weighted by Crippen LogP contribution is 2.17. The Hall–Kier alpha value is -1.43. The quantitative estimate of drug-likeness (QED) is 0.730. The van der Waals surface area contributed by atoms with Crippen molar-refractivity contribution >= 4 is 5.91 Å². The van der Waals surface area contributed by atoms with Crippen LogP contribution in [0.1, 0.15) is 13.8 Å². The van der Waals surface area contributed by atoms with Crippen LogP contribution < -0.4 is 5.32 Å². The van der Waals surface area contributed by atoms with E-state index in [1.165, 1.54) is 0 Å². The van der Waals surface area contributed by atoms with Gasteiger partial charge in [0.05, 0.1) is 0 Å². The van der Waals surface area contributed by atoms with E-state index in [0.717, 1.165) is 26.2 Å². The molecule has 0 unspecified atom stereocenters. The van der Waals surface area contributed by atoms with Crippen LogP contribution in [0, 0.1) is 0 Å². The maximum Gasteiger partial charge on any atom is 0.248 e. The second-order valence-electron chi connectivity index (χ2n) is 4.47. The first-order chi connectivity index (χ1) is 7.62. The lowest BCUT2D eigenvalue weighted by molar-refractivity contribution is -0.139. The van der Waals surface area contributed by atoms with Crippen molar-refractivity contribution in [3.8, 4) is 0 Å². The molecule has 16 heavy (non-hydrogen) atoms. The Kier molecular flexibility index (Phi) is 2.91. The van der Waals surface area contributed by atoms with Crippen molar-refractivity contribution in [3.63, 3.8) is 0 Å². The van der Waals surface area contributed by atoms with Gasteiger partial charge in [-0.25, -0.2) is 0 Å². The topological polar surface area (TPSA) is 63.1 Å². The Bertz CT molecular complexity index is 353. The van der Waals surface area contributed by atoms with Crippen LogP contribution in [0.25, 0.3) is 0 Å². The van der Waals surface area contributed by atoms with E-state index in [-0.39, 0.29) is 5.91 Å². The van der Waals surface area contributed by atoms with Crippen LogP contribution in [0.4, 0.5) is 0 Å². The third kappa shape index (κ3) is 1.92. The highest BCUT2D eigenvalue weighted by molar-refractivity contribution is 5.83. The molecule has 1 N–H and O–H groups in total. The van der Waals surface area contributed by atoms with Crippen LogP contribution in [-0.4, -0.2) is 51.8 Å². The summed E-state index contributed by atoms with van der Waals surface area (Å²) in [4.78, 5) is 14.2. The molecule has 1 amide bonds. The van der Waals surface area contributed by atoms with E-state index < -0.39 is 5.54 Å². The van der Waals surface area contributed by atoms with Gasteiger partial charge in [-0.05, 0) is 13.8 Å². The monoisotopic (exact) mass is 223 g/mol. The number of carbonyl (C=O) groups is 1. The largest absolute Gasteiger partial charge is 0.338 e. The van der Waals surface area contributed by atoms with E-state index in [0.29, 0.717) is 0 Å². The minimum absolute atomic E-state index is 0.119. The average Bonchev–Trinajstić information content (AvgIpc) is 2.83. The number of piperazine rings is 1. The summed E-state index contributed by atoms with van der Waals surface area (Å²) in [6, 6.07) is 0. The first-order valence-electron chi connectivity index (χ1n) is 5.47. The minimum Gasteiger partial charge on any atom is -0.338 e. The normalized spacial score (nSPS) is 17.5. The van der Waals surface area contributed by atoms with Crippen LogP contribution in [-0.2, 0) is 10.3 Å². The van der Waals surface area contributed by atoms with Crippen molar-refractivity contribution in [1.29, 1.82) is 0 Å². The van der Waals surface area contributed by atoms with Crippen LogP contribution in [0.3, 0.4) is 0 Å². The van der Waals surface area contributed by atoms with E-state index in [2.05, 4.69) is 15.5 Å². The molecular formula is C10H17N5O. The first-order valence-corrected chi connectivity index (χ1v) is 5.47. The summed E-state index contributed by atoms with van der Waals surface area (Å²) < 4.78 is 1.75. The van der Waals surface area contributed by atoms with Crippen molar-refractivity contribution in [3.05, 3.63) is 12.7 Å². The van der Waals surface area contributed by atoms with Gasteiger partial charge in [-0.1, -0.05) is 0 Å². The Morgan fingerprint density at radius 2 is 1.81 bits per heavy atom. The Morgan fingerprint density at radius 1 is 1.25 bits per heavy atom. The SMILES string of the molecule is CC(C)(C(=O)N1CCNCC1)n1cnnc1. The van der Waals surface area contributed by atoms with Gasteiger partial charge in [-0.3, -0.25) is 4.79 Å². The molecule has 88 valence electrons. The fourth-order valence-electron chi connectivity index (χ4n) is 1.85. The van der Waals surface area contributed by atoms with Gasteiger partial charge in [0.25, 0.3) is 0 Å². The lowest BCUT2D eigenvalue weighted by Gasteiger charge is -2.34. The van der Waals surface area contributed by atoms with Gasteiger partial charge >= 0.3 is 0 Å². The molecule has 0 atom stereocenters. The predicted molar refractivity (Wildman–Crippen MR) is 58.8 cm³/mol. The highest BCUT2D eigenvalue weighted by Gasteiger charge is 2.34. The second kappa shape index (κ2) is 4.21. The molecular weight excluding hydrogens is 206 g/mol. The molecule has 2 heterocycles. The Balaban J connectivity index is 2.13. The lowest BCUT2D eigenvalue weighted by atomic mass is 10.0. The minimum atomic E-state index is -0.610. The summed E-state index contributed by atoms with van der Waals surface area (Å²) in [5.41, 5.74) is -0.610. The third-order valence-corrected chi connectivity index (χ3v) is 2.99. The first kappa shape index (κ1) is 11.1. The van der Waals surface area contributed by atoms with Crippen molar-refractivity contribution in [2.45, 2.75) is 19.4 Å². The molecule has 0 aromatic carbocycles. The number of aromatic nitrogens is 3. The van der Waals surface area contributed by atoms with Crippen molar-refractivity contribution in [2.24, 2.45) is 0 Å². The standard InChI is InChI=1S/C10H17N5O/c1-10(2,15-7-12-13-8-15)9(16)14-5-3-11-4-6-14/h7-8,11H,3-6H2,1-2H3.